The summed E-state index contributed by atoms with van der Waals surface area (Å²) < 4.78 is 6.39. The second kappa shape index (κ2) is 4.70. The van der Waals surface area contributed by atoms with E-state index in [-0.39, 0.29) is 6.04 Å². The Kier molecular flexibility index (Phi) is 3.29. The summed E-state index contributed by atoms with van der Waals surface area (Å²) >= 11 is 3.45. The van der Waals surface area contributed by atoms with E-state index in [0.717, 1.165) is 21.6 Å². The third kappa shape index (κ3) is 2.27. The van der Waals surface area contributed by atoms with Gasteiger partial charge in [-0.25, -0.2) is 0 Å². The molecule has 0 radical (unpaired) electrons. The fraction of sp³-hybridized carbons (Fsp3) is 0.250. The van der Waals surface area contributed by atoms with Gasteiger partial charge in [-0.1, -0.05) is 0 Å². The first kappa shape index (κ1) is 11.2. The van der Waals surface area contributed by atoms with Gasteiger partial charge in [0.1, 0.15) is 5.76 Å². The molecular weight excluding hydrogens is 268 g/mol. The molecule has 0 amide bonds. The van der Waals surface area contributed by atoms with Crippen LogP contribution in [0.5, 0.6) is 0 Å². The van der Waals surface area contributed by atoms with Crippen LogP contribution in [-0.2, 0) is 0 Å². The van der Waals surface area contributed by atoms with Crippen LogP contribution in [0.1, 0.15) is 24.4 Å². The second-order valence-electron chi connectivity index (χ2n) is 3.64. The number of halogens is 1. The zero-order chi connectivity index (χ0) is 11.5. The maximum atomic E-state index is 5.41. The van der Waals surface area contributed by atoms with E-state index in [0.29, 0.717) is 0 Å². The van der Waals surface area contributed by atoms with Crippen molar-refractivity contribution < 1.29 is 4.42 Å². The SMILES string of the molecule is Cc1ncccc1NC(C)c1occc1Br. The van der Waals surface area contributed by atoms with E-state index in [1.807, 2.05) is 25.1 Å². The number of furan rings is 1. The molecule has 4 heteroatoms. The fourth-order valence-electron chi connectivity index (χ4n) is 1.55. The number of hydrogen-bond acceptors (Lipinski definition) is 3. The molecule has 2 aromatic heterocycles. The van der Waals surface area contributed by atoms with Gasteiger partial charge in [-0.3, -0.25) is 4.98 Å². The van der Waals surface area contributed by atoms with Crippen LogP contribution >= 0.6 is 15.9 Å². The van der Waals surface area contributed by atoms with Gasteiger partial charge in [0.2, 0.25) is 0 Å². The van der Waals surface area contributed by atoms with Gasteiger partial charge in [-0.2, -0.15) is 0 Å². The molecule has 16 heavy (non-hydrogen) atoms. The number of aryl methyl sites for hydroxylation is 1. The van der Waals surface area contributed by atoms with Gasteiger partial charge in [-0.15, -0.1) is 0 Å². The van der Waals surface area contributed by atoms with E-state index in [9.17, 15) is 0 Å². The van der Waals surface area contributed by atoms with E-state index in [1.54, 1.807) is 12.5 Å². The zero-order valence-electron chi connectivity index (χ0n) is 9.20. The molecule has 1 N–H and O–H groups in total. The van der Waals surface area contributed by atoms with Crippen molar-refractivity contribution in [3.63, 3.8) is 0 Å². The number of rotatable bonds is 3. The highest BCUT2D eigenvalue weighted by Gasteiger charge is 2.13. The highest BCUT2D eigenvalue weighted by atomic mass is 79.9. The smallest absolute Gasteiger partial charge is 0.139 e. The highest BCUT2D eigenvalue weighted by molar-refractivity contribution is 9.10. The van der Waals surface area contributed by atoms with E-state index < -0.39 is 0 Å². The van der Waals surface area contributed by atoms with Crippen molar-refractivity contribution in [3.05, 3.63) is 46.6 Å². The van der Waals surface area contributed by atoms with Crippen molar-refractivity contribution in [3.8, 4) is 0 Å². The average molecular weight is 281 g/mol. The Bertz CT molecular complexity index is 481. The van der Waals surface area contributed by atoms with Gasteiger partial charge in [0.25, 0.3) is 0 Å². The lowest BCUT2D eigenvalue weighted by Gasteiger charge is -2.14. The van der Waals surface area contributed by atoms with Crippen molar-refractivity contribution in [2.75, 3.05) is 5.32 Å². The normalized spacial score (nSPS) is 12.4. The first-order chi connectivity index (χ1) is 7.68. The van der Waals surface area contributed by atoms with E-state index >= 15 is 0 Å². The van der Waals surface area contributed by atoms with Gasteiger partial charge in [-0.05, 0) is 48.0 Å². The predicted octanol–water partition coefficient (Wildman–Crippen LogP) is 3.92. The van der Waals surface area contributed by atoms with Gasteiger partial charge in [0.15, 0.2) is 0 Å². The molecule has 0 fully saturated rings. The van der Waals surface area contributed by atoms with Crippen molar-refractivity contribution in [1.29, 1.82) is 0 Å². The van der Waals surface area contributed by atoms with Crippen LogP contribution in [0.3, 0.4) is 0 Å². The molecule has 1 unspecified atom stereocenters. The number of anilines is 1. The first-order valence-corrected chi connectivity index (χ1v) is 5.89. The molecule has 0 aliphatic heterocycles. The van der Waals surface area contributed by atoms with Crippen LogP contribution in [0.25, 0.3) is 0 Å². The Balaban J connectivity index is 2.17. The quantitative estimate of drug-likeness (QED) is 0.926. The Labute approximate surface area is 103 Å². The second-order valence-corrected chi connectivity index (χ2v) is 4.49. The van der Waals surface area contributed by atoms with Crippen molar-refractivity contribution in [1.82, 2.24) is 4.98 Å². The van der Waals surface area contributed by atoms with Crippen LogP contribution in [-0.4, -0.2) is 4.98 Å². The predicted molar refractivity (Wildman–Crippen MR) is 67.4 cm³/mol. The lowest BCUT2D eigenvalue weighted by molar-refractivity contribution is 0.488. The number of hydrogen-bond donors (Lipinski definition) is 1. The minimum absolute atomic E-state index is 0.104. The summed E-state index contributed by atoms with van der Waals surface area (Å²) in [7, 11) is 0. The fourth-order valence-corrected chi connectivity index (χ4v) is 2.09. The minimum atomic E-state index is 0.104. The summed E-state index contributed by atoms with van der Waals surface area (Å²) in [6.07, 6.45) is 3.46. The molecule has 0 saturated carbocycles. The molecular formula is C12H13BrN2O. The summed E-state index contributed by atoms with van der Waals surface area (Å²) in [4.78, 5) is 4.23. The molecule has 2 aromatic rings. The standard InChI is InChI=1S/C12H13BrN2O/c1-8-11(4-3-6-14-8)15-9(2)12-10(13)5-7-16-12/h3-7,9,15H,1-2H3. The molecule has 2 heterocycles. The Morgan fingerprint density at radius 3 is 2.88 bits per heavy atom. The highest BCUT2D eigenvalue weighted by Crippen LogP contribution is 2.27. The zero-order valence-corrected chi connectivity index (χ0v) is 10.8. The summed E-state index contributed by atoms with van der Waals surface area (Å²) in [5.74, 6) is 0.892. The molecule has 84 valence electrons. The number of nitrogens with one attached hydrogen (secondary N) is 1. The average Bonchev–Trinajstić information content (AvgIpc) is 2.68. The monoisotopic (exact) mass is 280 g/mol. The first-order valence-electron chi connectivity index (χ1n) is 5.09. The van der Waals surface area contributed by atoms with Crippen LogP contribution in [0, 0.1) is 6.92 Å². The van der Waals surface area contributed by atoms with Gasteiger partial charge >= 0.3 is 0 Å². The topological polar surface area (TPSA) is 38.1 Å². The Morgan fingerprint density at radius 2 is 2.25 bits per heavy atom. The molecule has 0 aliphatic rings. The number of aromatic nitrogens is 1. The third-order valence-corrected chi connectivity index (χ3v) is 3.07. The third-order valence-electron chi connectivity index (χ3n) is 2.42. The van der Waals surface area contributed by atoms with Gasteiger partial charge in [0, 0.05) is 6.20 Å². The van der Waals surface area contributed by atoms with Gasteiger partial charge in [0.05, 0.1) is 28.2 Å². The van der Waals surface area contributed by atoms with Crippen molar-refractivity contribution in [2.45, 2.75) is 19.9 Å². The largest absolute Gasteiger partial charge is 0.466 e. The molecule has 0 bridgehead atoms. The van der Waals surface area contributed by atoms with Crippen LogP contribution < -0.4 is 5.32 Å². The van der Waals surface area contributed by atoms with Crippen LogP contribution in [0.2, 0.25) is 0 Å². The van der Waals surface area contributed by atoms with Crippen LogP contribution in [0.4, 0.5) is 5.69 Å². The minimum Gasteiger partial charge on any atom is -0.466 e. The lowest BCUT2D eigenvalue weighted by atomic mass is 10.2. The van der Waals surface area contributed by atoms with Crippen LogP contribution in [0.15, 0.2) is 39.5 Å². The van der Waals surface area contributed by atoms with Crippen molar-refractivity contribution in [2.24, 2.45) is 0 Å². The van der Waals surface area contributed by atoms with E-state index in [4.69, 9.17) is 4.42 Å². The van der Waals surface area contributed by atoms with E-state index in [1.165, 1.54) is 0 Å². The maximum absolute atomic E-state index is 5.41. The Morgan fingerprint density at radius 1 is 1.44 bits per heavy atom. The Hall–Kier alpha value is -1.29. The molecule has 1 atom stereocenters. The molecule has 0 aliphatic carbocycles. The molecule has 0 saturated heterocycles. The molecule has 0 aromatic carbocycles. The summed E-state index contributed by atoms with van der Waals surface area (Å²) in [5, 5.41) is 3.37. The maximum Gasteiger partial charge on any atom is 0.139 e. The summed E-state index contributed by atoms with van der Waals surface area (Å²) in [6.45, 7) is 4.03. The summed E-state index contributed by atoms with van der Waals surface area (Å²) in [6, 6.07) is 5.92. The molecule has 2 rings (SSSR count). The van der Waals surface area contributed by atoms with Gasteiger partial charge < -0.3 is 9.73 Å². The lowest BCUT2D eigenvalue weighted by Crippen LogP contribution is -2.07. The van der Waals surface area contributed by atoms with Crippen molar-refractivity contribution >= 4 is 21.6 Å². The molecule has 3 nitrogen and oxygen atoms in total. The molecule has 0 spiro atoms. The van der Waals surface area contributed by atoms with E-state index in [2.05, 4.69) is 33.2 Å². The number of nitrogens with zero attached hydrogens (tertiary/aromatic N) is 1. The number of pyridine rings is 1. The summed E-state index contributed by atoms with van der Waals surface area (Å²) in [5.41, 5.74) is 2.01.